The third kappa shape index (κ3) is 3.43. The fraction of sp³-hybridized carbons (Fsp3) is 0.812. The summed E-state index contributed by atoms with van der Waals surface area (Å²) >= 11 is 0. The topological polar surface area (TPSA) is 17.1 Å². The Labute approximate surface area is 106 Å². The molecule has 2 aliphatic rings. The highest BCUT2D eigenvalue weighted by Crippen LogP contribution is 2.41. The van der Waals surface area contributed by atoms with Crippen LogP contribution >= 0.6 is 0 Å². The summed E-state index contributed by atoms with van der Waals surface area (Å²) < 4.78 is 0. The Morgan fingerprint density at radius 2 is 1.24 bits per heavy atom. The van der Waals surface area contributed by atoms with Crippen LogP contribution in [0.3, 0.4) is 0 Å². The van der Waals surface area contributed by atoms with Crippen molar-refractivity contribution in [3.05, 3.63) is 12.2 Å². The lowest BCUT2D eigenvalue weighted by molar-refractivity contribution is -0.112. The van der Waals surface area contributed by atoms with Crippen LogP contribution in [0.2, 0.25) is 0 Å². The van der Waals surface area contributed by atoms with Crippen molar-refractivity contribution < 1.29 is 4.79 Å². The van der Waals surface area contributed by atoms with Gasteiger partial charge in [-0.15, -0.1) is 0 Å². The monoisotopic (exact) mass is 234 g/mol. The molecule has 0 heterocycles. The van der Waals surface area contributed by atoms with Gasteiger partial charge in [-0.25, -0.2) is 0 Å². The Morgan fingerprint density at radius 3 is 1.65 bits per heavy atom. The standard InChI is InChI=1S/C16H26O/c1-2-3-13-4-8-15(9-5-13)16-10-6-14(12-17)7-11-16/h2-3,12-16H,4-11H2,1H3/b3-2+/t13-,14-,15-,16-. The van der Waals surface area contributed by atoms with Crippen molar-refractivity contribution in [2.24, 2.45) is 23.7 Å². The van der Waals surface area contributed by atoms with Crippen LogP contribution in [0.25, 0.3) is 0 Å². The van der Waals surface area contributed by atoms with Crippen molar-refractivity contribution in [3.8, 4) is 0 Å². The molecule has 1 nitrogen and oxygen atoms in total. The Hall–Kier alpha value is -0.590. The minimum Gasteiger partial charge on any atom is -0.303 e. The van der Waals surface area contributed by atoms with Gasteiger partial charge in [0, 0.05) is 5.92 Å². The van der Waals surface area contributed by atoms with Gasteiger partial charge in [0.25, 0.3) is 0 Å². The Balaban J connectivity index is 1.76. The van der Waals surface area contributed by atoms with Crippen molar-refractivity contribution in [2.75, 3.05) is 0 Å². The molecule has 0 unspecified atom stereocenters. The van der Waals surface area contributed by atoms with Crippen LogP contribution in [0.1, 0.15) is 58.3 Å². The fourth-order valence-corrected chi connectivity index (χ4v) is 3.83. The molecule has 17 heavy (non-hydrogen) atoms. The quantitative estimate of drug-likeness (QED) is 0.523. The van der Waals surface area contributed by atoms with E-state index in [4.69, 9.17) is 0 Å². The highest BCUT2D eigenvalue weighted by atomic mass is 16.1. The zero-order chi connectivity index (χ0) is 12.1. The minimum atomic E-state index is 0.380. The smallest absolute Gasteiger partial charge is 0.123 e. The zero-order valence-electron chi connectivity index (χ0n) is 11.1. The van der Waals surface area contributed by atoms with Crippen molar-refractivity contribution in [2.45, 2.75) is 58.3 Å². The summed E-state index contributed by atoms with van der Waals surface area (Å²) in [7, 11) is 0. The predicted octanol–water partition coefficient (Wildman–Crippen LogP) is 4.37. The van der Waals surface area contributed by atoms with E-state index in [2.05, 4.69) is 19.1 Å². The molecule has 2 aliphatic carbocycles. The van der Waals surface area contributed by atoms with E-state index < -0.39 is 0 Å². The molecule has 0 N–H and O–H groups in total. The molecule has 0 radical (unpaired) electrons. The first-order valence-electron chi connectivity index (χ1n) is 7.41. The van der Waals surface area contributed by atoms with Crippen LogP contribution < -0.4 is 0 Å². The maximum atomic E-state index is 10.8. The maximum Gasteiger partial charge on any atom is 0.123 e. The first kappa shape index (κ1) is 12.9. The zero-order valence-corrected chi connectivity index (χ0v) is 11.1. The van der Waals surface area contributed by atoms with Gasteiger partial charge in [0.1, 0.15) is 6.29 Å². The Morgan fingerprint density at radius 1 is 0.765 bits per heavy atom. The average Bonchev–Trinajstić information content (AvgIpc) is 2.40. The average molecular weight is 234 g/mol. The van der Waals surface area contributed by atoms with Crippen molar-refractivity contribution >= 4 is 6.29 Å². The molecule has 0 aromatic heterocycles. The predicted molar refractivity (Wildman–Crippen MR) is 71.8 cm³/mol. The third-order valence-corrected chi connectivity index (χ3v) is 4.96. The Bertz CT molecular complexity index is 253. The second-order valence-electron chi connectivity index (χ2n) is 6.01. The van der Waals surface area contributed by atoms with Crippen LogP contribution in [0.15, 0.2) is 12.2 Å². The summed E-state index contributed by atoms with van der Waals surface area (Å²) in [5.41, 5.74) is 0. The molecule has 0 aromatic rings. The second kappa shape index (κ2) is 6.37. The summed E-state index contributed by atoms with van der Waals surface area (Å²) in [6, 6.07) is 0. The summed E-state index contributed by atoms with van der Waals surface area (Å²) in [4.78, 5) is 10.8. The summed E-state index contributed by atoms with van der Waals surface area (Å²) in [6.07, 6.45) is 16.3. The van der Waals surface area contributed by atoms with Gasteiger partial charge in [-0.1, -0.05) is 12.2 Å². The molecule has 2 saturated carbocycles. The fourth-order valence-electron chi connectivity index (χ4n) is 3.83. The first-order valence-corrected chi connectivity index (χ1v) is 7.41. The molecule has 0 atom stereocenters. The third-order valence-electron chi connectivity index (χ3n) is 4.96. The SMILES string of the molecule is C/C=C/[C@H]1CC[C@H]([C@H]2CC[C@H](C=O)CC2)CC1. The van der Waals surface area contributed by atoms with E-state index in [9.17, 15) is 4.79 Å². The van der Waals surface area contributed by atoms with E-state index in [0.29, 0.717) is 5.92 Å². The summed E-state index contributed by atoms with van der Waals surface area (Å²) in [5, 5.41) is 0. The molecule has 96 valence electrons. The number of rotatable bonds is 3. The van der Waals surface area contributed by atoms with Gasteiger partial charge >= 0.3 is 0 Å². The lowest BCUT2D eigenvalue weighted by atomic mass is 9.69. The minimum absolute atomic E-state index is 0.380. The van der Waals surface area contributed by atoms with Crippen LogP contribution in [0, 0.1) is 23.7 Å². The van der Waals surface area contributed by atoms with Crippen LogP contribution in [-0.2, 0) is 4.79 Å². The van der Waals surface area contributed by atoms with Crippen LogP contribution in [0.4, 0.5) is 0 Å². The van der Waals surface area contributed by atoms with Gasteiger partial charge in [0.05, 0.1) is 0 Å². The molecule has 2 fully saturated rings. The normalized spacial score (nSPS) is 39.4. The summed E-state index contributed by atoms with van der Waals surface area (Å²) in [6.45, 7) is 2.13. The van der Waals surface area contributed by atoms with Gasteiger partial charge in [-0.2, -0.15) is 0 Å². The van der Waals surface area contributed by atoms with Gasteiger partial charge < -0.3 is 4.79 Å². The largest absolute Gasteiger partial charge is 0.303 e. The van der Waals surface area contributed by atoms with E-state index in [-0.39, 0.29) is 0 Å². The molecule has 0 aliphatic heterocycles. The lowest BCUT2D eigenvalue weighted by Crippen LogP contribution is -2.25. The lowest BCUT2D eigenvalue weighted by Gasteiger charge is -2.36. The molecular formula is C16H26O. The second-order valence-corrected chi connectivity index (χ2v) is 6.01. The van der Waals surface area contributed by atoms with Crippen molar-refractivity contribution in [1.82, 2.24) is 0 Å². The number of aldehydes is 1. The molecule has 0 bridgehead atoms. The highest BCUT2D eigenvalue weighted by Gasteiger charge is 2.29. The molecule has 1 heteroatoms. The number of allylic oxidation sites excluding steroid dienone is 2. The van der Waals surface area contributed by atoms with Gasteiger partial charge in [0.15, 0.2) is 0 Å². The molecule has 0 saturated heterocycles. The number of hydrogen-bond acceptors (Lipinski definition) is 1. The molecule has 0 spiro atoms. The van der Waals surface area contributed by atoms with Crippen LogP contribution in [0.5, 0.6) is 0 Å². The number of carbonyl (C=O) groups is 1. The van der Waals surface area contributed by atoms with E-state index in [0.717, 1.165) is 30.6 Å². The van der Waals surface area contributed by atoms with Crippen molar-refractivity contribution in [3.63, 3.8) is 0 Å². The van der Waals surface area contributed by atoms with Gasteiger partial charge in [-0.05, 0) is 76.0 Å². The van der Waals surface area contributed by atoms with Gasteiger partial charge in [0.2, 0.25) is 0 Å². The van der Waals surface area contributed by atoms with Crippen molar-refractivity contribution in [1.29, 1.82) is 0 Å². The molecule has 2 rings (SSSR count). The molecule has 0 amide bonds. The van der Waals surface area contributed by atoms with E-state index in [1.807, 2.05) is 0 Å². The molecular weight excluding hydrogens is 208 g/mol. The maximum absolute atomic E-state index is 10.8. The van der Waals surface area contributed by atoms with E-state index in [1.165, 1.54) is 44.8 Å². The Kier molecular flexibility index (Phi) is 4.82. The van der Waals surface area contributed by atoms with E-state index >= 15 is 0 Å². The number of carbonyl (C=O) groups excluding carboxylic acids is 1. The number of hydrogen-bond donors (Lipinski definition) is 0. The summed E-state index contributed by atoms with van der Waals surface area (Å²) in [5.74, 6) is 3.12. The first-order chi connectivity index (χ1) is 8.33. The van der Waals surface area contributed by atoms with E-state index in [1.54, 1.807) is 0 Å². The molecule has 0 aromatic carbocycles. The highest BCUT2D eigenvalue weighted by molar-refractivity contribution is 5.53. The van der Waals surface area contributed by atoms with Crippen LogP contribution in [-0.4, -0.2) is 6.29 Å². The van der Waals surface area contributed by atoms with Gasteiger partial charge in [-0.3, -0.25) is 0 Å².